The van der Waals surface area contributed by atoms with E-state index in [1.165, 1.54) is 24.4 Å². The monoisotopic (exact) mass is 433 g/mol. The molecular formula is C17H20ClN9O3. The van der Waals surface area contributed by atoms with E-state index in [1.54, 1.807) is 0 Å². The van der Waals surface area contributed by atoms with Crippen molar-refractivity contribution in [3.05, 3.63) is 40.2 Å². The first kappa shape index (κ1) is 21.2. The number of hydrogen-bond donors (Lipinski definition) is 3. The third-order valence-corrected chi connectivity index (χ3v) is 4.51. The number of aromatic hydroxyl groups is 1. The zero-order valence-corrected chi connectivity index (χ0v) is 17.0. The topological polar surface area (TPSA) is 161 Å². The van der Waals surface area contributed by atoms with Gasteiger partial charge in [0.1, 0.15) is 11.4 Å². The van der Waals surface area contributed by atoms with E-state index in [-0.39, 0.29) is 23.1 Å². The number of phenolic OH excluding ortho intramolecular Hbond substituents is 1. The first-order valence-electron chi connectivity index (χ1n) is 9.01. The van der Waals surface area contributed by atoms with Crippen LogP contribution in [0.3, 0.4) is 0 Å². The van der Waals surface area contributed by atoms with E-state index in [0.717, 1.165) is 17.8 Å². The van der Waals surface area contributed by atoms with E-state index >= 15 is 0 Å². The highest BCUT2D eigenvalue weighted by Gasteiger charge is 2.25. The van der Waals surface area contributed by atoms with Gasteiger partial charge >= 0.3 is 0 Å². The summed E-state index contributed by atoms with van der Waals surface area (Å²) >= 11 is 5.91. The number of amides is 1. The molecule has 12 nitrogen and oxygen atoms in total. The molecule has 0 aliphatic heterocycles. The maximum Gasteiger partial charge on any atom is 0.292 e. The first-order chi connectivity index (χ1) is 14.4. The van der Waals surface area contributed by atoms with Crippen molar-refractivity contribution in [1.29, 1.82) is 0 Å². The number of nitrogen functional groups attached to an aromatic ring is 1. The SMILES string of the molecule is CCN(CC)Cc1nnn(-c2nonc2N)c1C(=O)NN=Cc1cc(Cl)ccc1O. The minimum Gasteiger partial charge on any atom is -0.507 e. The number of carbonyl (C=O) groups is 1. The van der Waals surface area contributed by atoms with Gasteiger partial charge in [0.25, 0.3) is 5.91 Å². The molecule has 0 atom stereocenters. The van der Waals surface area contributed by atoms with Gasteiger partial charge in [0.2, 0.25) is 11.6 Å². The molecule has 3 aromatic rings. The van der Waals surface area contributed by atoms with E-state index < -0.39 is 5.91 Å². The molecular weight excluding hydrogens is 414 g/mol. The van der Waals surface area contributed by atoms with Gasteiger partial charge in [-0.25, -0.2) is 10.1 Å². The van der Waals surface area contributed by atoms with Gasteiger partial charge in [0.15, 0.2) is 5.69 Å². The molecule has 2 heterocycles. The van der Waals surface area contributed by atoms with Gasteiger partial charge in [-0.1, -0.05) is 30.7 Å². The Bertz CT molecular complexity index is 1060. The molecule has 3 rings (SSSR count). The van der Waals surface area contributed by atoms with Crippen LogP contribution in [-0.4, -0.2) is 60.5 Å². The number of carbonyl (C=O) groups excluding carboxylic acids is 1. The van der Waals surface area contributed by atoms with Crippen LogP contribution >= 0.6 is 11.6 Å². The largest absolute Gasteiger partial charge is 0.507 e. The first-order valence-corrected chi connectivity index (χ1v) is 9.39. The van der Waals surface area contributed by atoms with Crippen molar-refractivity contribution in [1.82, 2.24) is 35.6 Å². The van der Waals surface area contributed by atoms with Crippen molar-refractivity contribution in [3.63, 3.8) is 0 Å². The Labute approximate surface area is 176 Å². The maximum absolute atomic E-state index is 12.9. The van der Waals surface area contributed by atoms with E-state index in [0.29, 0.717) is 22.8 Å². The highest BCUT2D eigenvalue weighted by molar-refractivity contribution is 6.30. The summed E-state index contributed by atoms with van der Waals surface area (Å²) in [5.41, 5.74) is 8.95. The van der Waals surface area contributed by atoms with Crippen molar-refractivity contribution in [2.24, 2.45) is 5.10 Å². The summed E-state index contributed by atoms with van der Waals surface area (Å²) in [4.78, 5) is 15.0. The second-order valence-electron chi connectivity index (χ2n) is 6.13. The minimum absolute atomic E-state index is 0.0345. The van der Waals surface area contributed by atoms with E-state index in [1.807, 2.05) is 13.8 Å². The van der Waals surface area contributed by atoms with Gasteiger partial charge in [-0.05, 0) is 41.6 Å². The number of aromatic nitrogens is 5. The summed E-state index contributed by atoms with van der Waals surface area (Å²) in [5, 5.41) is 29.4. The molecule has 0 aliphatic carbocycles. The molecule has 1 aromatic carbocycles. The molecule has 1 amide bonds. The van der Waals surface area contributed by atoms with Crippen LogP contribution in [0.4, 0.5) is 5.82 Å². The molecule has 0 bridgehead atoms. The van der Waals surface area contributed by atoms with Crippen LogP contribution in [0.5, 0.6) is 5.75 Å². The minimum atomic E-state index is -0.609. The number of hydrazone groups is 1. The third-order valence-electron chi connectivity index (χ3n) is 4.28. The van der Waals surface area contributed by atoms with Gasteiger partial charge in [-0.2, -0.15) is 9.78 Å². The van der Waals surface area contributed by atoms with Crippen LogP contribution in [0, 0.1) is 0 Å². The number of anilines is 1. The van der Waals surface area contributed by atoms with Crippen LogP contribution in [-0.2, 0) is 6.54 Å². The van der Waals surface area contributed by atoms with Crippen LogP contribution in [0.2, 0.25) is 5.02 Å². The fraction of sp³-hybridized carbons (Fsp3) is 0.294. The van der Waals surface area contributed by atoms with Crippen molar-refractivity contribution in [3.8, 4) is 11.6 Å². The Kier molecular flexibility index (Phi) is 6.59. The van der Waals surface area contributed by atoms with Crippen LogP contribution in [0.25, 0.3) is 5.82 Å². The van der Waals surface area contributed by atoms with Crippen LogP contribution in [0.15, 0.2) is 27.9 Å². The maximum atomic E-state index is 12.9. The van der Waals surface area contributed by atoms with Crippen molar-refractivity contribution >= 4 is 29.5 Å². The molecule has 0 aliphatic rings. The number of nitrogens with zero attached hydrogens (tertiary/aromatic N) is 7. The van der Waals surface area contributed by atoms with Gasteiger partial charge in [0.05, 0.1) is 6.21 Å². The van der Waals surface area contributed by atoms with Gasteiger partial charge in [0, 0.05) is 17.1 Å². The fourth-order valence-electron chi connectivity index (χ4n) is 2.63. The molecule has 4 N–H and O–H groups in total. The fourth-order valence-corrected chi connectivity index (χ4v) is 2.81. The lowest BCUT2D eigenvalue weighted by atomic mass is 10.2. The second-order valence-corrected chi connectivity index (χ2v) is 6.57. The van der Waals surface area contributed by atoms with Gasteiger partial charge < -0.3 is 10.8 Å². The highest BCUT2D eigenvalue weighted by atomic mass is 35.5. The van der Waals surface area contributed by atoms with Crippen molar-refractivity contribution in [2.75, 3.05) is 18.8 Å². The number of phenols is 1. The lowest BCUT2D eigenvalue weighted by Crippen LogP contribution is -2.27. The van der Waals surface area contributed by atoms with Gasteiger partial charge in [-0.3, -0.25) is 9.69 Å². The molecule has 30 heavy (non-hydrogen) atoms. The van der Waals surface area contributed by atoms with E-state index in [9.17, 15) is 9.90 Å². The smallest absolute Gasteiger partial charge is 0.292 e. The van der Waals surface area contributed by atoms with E-state index in [4.69, 9.17) is 17.3 Å². The molecule has 0 spiro atoms. The summed E-state index contributed by atoms with van der Waals surface area (Å²) in [7, 11) is 0. The van der Waals surface area contributed by atoms with Crippen molar-refractivity contribution < 1.29 is 14.5 Å². The Hall–Kier alpha value is -3.51. The highest BCUT2D eigenvalue weighted by Crippen LogP contribution is 2.20. The Morgan fingerprint density at radius 1 is 1.40 bits per heavy atom. The Morgan fingerprint density at radius 3 is 2.83 bits per heavy atom. The average Bonchev–Trinajstić information content (AvgIpc) is 3.34. The van der Waals surface area contributed by atoms with Gasteiger partial charge in [-0.15, -0.1) is 5.10 Å². The molecule has 13 heteroatoms. The van der Waals surface area contributed by atoms with E-state index in [2.05, 4.69) is 40.7 Å². The average molecular weight is 434 g/mol. The summed E-state index contributed by atoms with van der Waals surface area (Å²) in [6, 6.07) is 4.46. The molecule has 0 saturated carbocycles. The molecule has 158 valence electrons. The predicted octanol–water partition coefficient (Wildman–Crippen LogP) is 1.20. The third kappa shape index (κ3) is 4.55. The summed E-state index contributed by atoms with van der Waals surface area (Å²) in [6.07, 6.45) is 1.27. The number of hydrogen-bond acceptors (Lipinski definition) is 10. The zero-order valence-electron chi connectivity index (χ0n) is 16.3. The number of rotatable bonds is 8. The molecule has 0 unspecified atom stereocenters. The number of benzene rings is 1. The van der Waals surface area contributed by atoms with Crippen LogP contribution < -0.4 is 11.2 Å². The summed E-state index contributed by atoms with van der Waals surface area (Å²) in [6.45, 7) is 5.87. The predicted molar refractivity (Wildman–Crippen MR) is 108 cm³/mol. The standard InChI is InChI=1S/C17H20ClN9O3/c1-3-26(4-2)9-12-14(27(25-21-12)16-15(19)23-30-24-16)17(29)22-20-8-10-7-11(18)5-6-13(10)28/h5-8,28H,3-4,9H2,1-2H3,(H2,19,23)(H,22,29). The number of nitrogens with two attached hydrogens (primary N) is 1. The normalized spacial score (nSPS) is 11.5. The molecule has 2 aromatic heterocycles. The van der Waals surface area contributed by atoms with Crippen molar-refractivity contribution in [2.45, 2.75) is 20.4 Å². The molecule has 0 saturated heterocycles. The Morgan fingerprint density at radius 2 is 2.17 bits per heavy atom. The zero-order chi connectivity index (χ0) is 21.7. The lowest BCUT2D eigenvalue weighted by molar-refractivity contribution is 0.0945. The van der Waals surface area contributed by atoms with Crippen LogP contribution in [0.1, 0.15) is 35.6 Å². The quantitative estimate of drug-likeness (QED) is 0.350. The second kappa shape index (κ2) is 9.33. The number of nitrogens with one attached hydrogen (secondary N) is 1. The summed E-state index contributed by atoms with van der Waals surface area (Å²) in [5.74, 6) is -0.652. The number of halogens is 1. The Balaban J connectivity index is 1.90. The summed E-state index contributed by atoms with van der Waals surface area (Å²) < 4.78 is 5.75. The molecule has 0 fully saturated rings. The lowest BCUT2D eigenvalue weighted by Gasteiger charge is -2.16. The molecule has 0 radical (unpaired) electrons.